The van der Waals surface area contributed by atoms with Crippen molar-refractivity contribution in [1.29, 1.82) is 0 Å². The number of piperazine rings is 1. The Balaban J connectivity index is 0.00000192. The highest BCUT2D eigenvalue weighted by atomic mass is 35.5. The van der Waals surface area contributed by atoms with Gasteiger partial charge < -0.3 is 9.73 Å². The average molecular weight is 361 g/mol. The molecule has 0 amide bonds. The summed E-state index contributed by atoms with van der Waals surface area (Å²) >= 11 is 0. The van der Waals surface area contributed by atoms with Crippen molar-refractivity contribution in [3.8, 4) is 0 Å². The molecular formula is C15H18ClFN2O3S. The molecule has 1 N–H and O–H groups in total. The molecule has 0 aliphatic carbocycles. The SMILES string of the molecule is Cc1ccc(S(=O)(=O)N2CCNCC2c2cccc(F)c2)o1.Cl. The maximum Gasteiger partial charge on any atom is 0.277 e. The first-order valence-corrected chi connectivity index (χ1v) is 8.47. The molecule has 126 valence electrons. The van der Waals surface area contributed by atoms with Crippen LogP contribution < -0.4 is 5.32 Å². The van der Waals surface area contributed by atoms with Gasteiger partial charge in [-0.1, -0.05) is 12.1 Å². The first-order chi connectivity index (χ1) is 10.5. The molecule has 3 rings (SSSR count). The smallest absolute Gasteiger partial charge is 0.277 e. The number of rotatable bonds is 3. The van der Waals surface area contributed by atoms with E-state index in [4.69, 9.17) is 4.42 Å². The van der Waals surface area contributed by atoms with Crippen LogP contribution in [0, 0.1) is 12.7 Å². The Labute approximate surface area is 140 Å². The molecule has 1 unspecified atom stereocenters. The minimum Gasteiger partial charge on any atom is -0.449 e. The van der Waals surface area contributed by atoms with E-state index in [0.29, 0.717) is 31.0 Å². The molecule has 2 aromatic rings. The van der Waals surface area contributed by atoms with Crippen molar-refractivity contribution in [2.75, 3.05) is 19.6 Å². The maximum atomic E-state index is 13.5. The molecule has 0 saturated carbocycles. The highest BCUT2D eigenvalue weighted by Gasteiger charge is 2.36. The molecule has 1 atom stereocenters. The second kappa shape index (κ2) is 7.00. The van der Waals surface area contributed by atoms with E-state index in [9.17, 15) is 12.8 Å². The largest absolute Gasteiger partial charge is 0.449 e. The third kappa shape index (κ3) is 3.58. The number of hydrogen-bond acceptors (Lipinski definition) is 4. The second-order valence-corrected chi connectivity index (χ2v) is 7.08. The Bertz CT molecular complexity index is 779. The van der Waals surface area contributed by atoms with Gasteiger partial charge in [-0.3, -0.25) is 0 Å². The summed E-state index contributed by atoms with van der Waals surface area (Å²) in [5.41, 5.74) is 0.624. The summed E-state index contributed by atoms with van der Waals surface area (Å²) < 4.78 is 45.7. The Kier molecular flexibility index (Phi) is 5.46. The van der Waals surface area contributed by atoms with Crippen LogP contribution in [0.5, 0.6) is 0 Å². The molecule has 1 fully saturated rings. The van der Waals surface area contributed by atoms with Gasteiger partial charge in [0.15, 0.2) is 0 Å². The lowest BCUT2D eigenvalue weighted by molar-refractivity contribution is 0.263. The molecule has 1 aromatic carbocycles. The summed E-state index contributed by atoms with van der Waals surface area (Å²) in [6.07, 6.45) is 0. The topological polar surface area (TPSA) is 62.6 Å². The Morgan fingerprint density at radius 2 is 2.09 bits per heavy atom. The van der Waals surface area contributed by atoms with E-state index in [2.05, 4.69) is 5.32 Å². The molecule has 1 saturated heterocycles. The van der Waals surface area contributed by atoms with Gasteiger partial charge in [-0.15, -0.1) is 12.4 Å². The molecule has 0 bridgehead atoms. The van der Waals surface area contributed by atoms with E-state index in [1.54, 1.807) is 25.1 Å². The fraction of sp³-hybridized carbons (Fsp3) is 0.333. The lowest BCUT2D eigenvalue weighted by atomic mass is 10.1. The zero-order chi connectivity index (χ0) is 15.7. The van der Waals surface area contributed by atoms with Crippen LogP contribution in [0.2, 0.25) is 0 Å². The van der Waals surface area contributed by atoms with Gasteiger partial charge in [0, 0.05) is 19.6 Å². The standard InChI is InChI=1S/C15H17FN2O3S.ClH/c1-11-5-6-15(21-11)22(19,20)18-8-7-17-10-14(18)12-3-2-4-13(16)9-12;/h2-6,9,14,17H,7-8,10H2,1H3;1H. The maximum absolute atomic E-state index is 13.5. The first-order valence-electron chi connectivity index (χ1n) is 7.03. The molecule has 1 aromatic heterocycles. The molecule has 23 heavy (non-hydrogen) atoms. The number of aryl methyl sites for hydroxylation is 1. The molecule has 1 aliphatic rings. The fourth-order valence-electron chi connectivity index (χ4n) is 2.64. The molecule has 1 aliphatic heterocycles. The number of halogens is 2. The molecule has 8 heteroatoms. The third-order valence-corrected chi connectivity index (χ3v) is 5.49. The van der Waals surface area contributed by atoms with Crippen LogP contribution in [-0.4, -0.2) is 32.4 Å². The highest BCUT2D eigenvalue weighted by molar-refractivity contribution is 7.89. The predicted molar refractivity (Wildman–Crippen MR) is 86.6 cm³/mol. The van der Waals surface area contributed by atoms with Crippen molar-refractivity contribution >= 4 is 22.4 Å². The summed E-state index contributed by atoms with van der Waals surface area (Å²) in [5.74, 6) is 0.158. The van der Waals surface area contributed by atoms with Crippen LogP contribution >= 0.6 is 12.4 Å². The summed E-state index contributed by atoms with van der Waals surface area (Å²) in [6, 6.07) is 8.64. The van der Waals surface area contributed by atoms with Gasteiger partial charge in [-0.2, -0.15) is 4.31 Å². The molecular weight excluding hydrogens is 343 g/mol. The van der Waals surface area contributed by atoms with Gasteiger partial charge in [0.1, 0.15) is 11.6 Å². The van der Waals surface area contributed by atoms with Crippen molar-refractivity contribution < 1.29 is 17.2 Å². The molecule has 0 radical (unpaired) electrons. The van der Waals surface area contributed by atoms with Gasteiger partial charge in [0.2, 0.25) is 5.09 Å². The van der Waals surface area contributed by atoms with Crippen LogP contribution in [0.15, 0.2) is 45.9 Å². The number of nitrogens with one attached hydrogen (secondary N) is 1. The number of sulfonamides is 1. The number of furan rings is 1. The van der Waals surface area contributed by atoms with Crippen LogP contribution in [0.4, 0.5) is 4.39 Å². The summed E-state index contributed by atoms with van der Waals surface area (Å²) in [6.45, 7) is 2.98. The highest BCUT2D eigenvalue weighted by Crippen LogP contribution is 2.29. The van der Waals surface area contributed by atoms with Crippen molar-refractivity contribution in [1.82, 2.24) is 9.62 Å². The number of hydrogen-bond donors (Lipinski definition) is 1. The molecule has 5 nitrogen and oxygen atoms in total. The predicted octanol–water partition coefficient (Wildman–Crippen LogP) is 2.48. The first kappa shape index (κ1) is 17.9. The summed E-state index contributed by atoms with van der Waals surface area (Å²) in [4.78, 5) is 0. The van der Waals surface area contributed by atoms with E-state index in [1.807, 2.05) is 0 Å². The fourth-order valence-corrected chi connectivity index (χ4v) is 4.21. The average Bonchev–Trinajstić information content (AvgIpc) is 2.95. The quantitative estimate of drug-likeness (QED) is 0.913. The van der Waals surface area contributed by atoms with Crippen molar-refractivity contribution in [2.45, 2.75) is 18.1 Å². The lowest BCUT2D eigenvalue weighted by Crippen LogP contribution is -2.48. The Morgan fingerprint density at radius 3 is 2.74 bits per heavy atom. The van der Waals surface area contributed by atoms with E-state index in [1.165, 1.54) is 22.5 Å². The minimum atomic E-state index is -3.75. The van der Waals surface area contributed by atoms with Crippen LogP contribution in [-0.2, 0) is 10.0 Å². The second-order valence-electron chi connectivity index (χ2n) is 5.26. The van der Waals surface area contributed by atoms with Gasteiger partial charge in [0.25, 0.3) is 10.0 Å². The van der Waals surface area contributed by atoms with Crippen LogP contribution in [0.25, 0.3) is 0 Å². The normalized spacial score (nSPS) is 19.3. The summed E-state index contributed by atoms with van der Waals surface area (Å²) in [7, 11) is -3.75. The number of nitrogens with zero attached hydrogens (tertiary/aromatic N) is 1. The van der Waals surface area contributed by atoms with Gasteiger partial charge in [-0.25, -0.2) is 12.8 Å². The van der Waals surface area contributed by atoms with Gasteiger partial charge in [0.05, 0.1) is 6.04 Å². The minimum absolute atomic E-state index is 0. The molecule has 0 spiro atoms. The van der Waals surface area contributed by atoms with Gasteiger partial charge >= 0.3 is 0 Å². The summed E-state index contributed by atoms with van der Waals surface area (Å²) in [5, 5.41) is 3.08. The van der Waals surface area contributed by atoms with E-state index >= 15 is 0 Å². The zero-order valence-corrected chi connectivity index (χ0v) is 14.2. The number of benzene rings is 1. The zero-order valence-electron chi connectivity index (χ0n) is 12.5. The third-order valence-electron chi connectivity index (χ3n) is 3.71. The lowest BCUT2D eigenvalue weighted by Gasteiger charge is -2.34. The van der Waals surface area contributed by atoms with Gasteiger partial charge in [-0.05, 0) is 36.8 Å². The van der Waals surface area contributed by atoms with Crippen LogP contribution in [0.1, 0.15) is 17.4 Å². The van der Waals surface area contributed by atoms with E-state index in [0.717, 1.165) is 0 Å². The van der Waals surface area contributed by atoms with Crippen molar-refractivity contribution in [3.63, 3.8) is 0 Å². The Morgan fingerprint density at radius 1 is 1.30 bits per heavy atom. The van der Waals surface area contributed by atoms with Crippen LogP contribution in [0.3, 0.4) is 0 Å². The van der Waals surface area contributed by atoms with E-state index in [-0.39, 0.29) is 23.3 Å². The van der Waals surface area contributed by atoms with Crippen molar-refractivity contribution in [2.24, 2.45) is 0 Å². The molecule has 2 heterocycles. The van der Waals surface area contributed by atoms with E-state index < -0.39 is 16.1 Å². The Hall–Kier alpha value is -1.41. The van der Waals surface area contributed by atoms with Crippen molar-refractivity contribution in [3.05, 3.63) is 53.5 Å². The monoisotopic (exact) mass is 360 g/mol.